The summed E-state index contributed by atoms with van der Waals surface area (Å²) in [6.07, 6.45) is 7.24. The van der Waals surface area contributed by atoms with Crippen LogP contribution in [0.3, 0.4) is 0 Å². The lowest BCUT2D eigenvalue weighted by molar-refractivity contribution is 0.352. The third-order valence-corrected chi connectivity index (χ3v) is 4.48. The average Bonchev–Trinajstić information content (AvgIpc) is 2.64. The van der Waals surface area contributed by atoms with Gasteiger partial charge in [-0.2, -0.15) is 0 Å². The van der Waals surface area contributed by atoms with E-state index in [2.05, 4.69) is 25.3 Å². The van der Waals surface area contributed by atoms with Crippen LogP contribution in [-0.2, 0) is 12.8 Å². The Labute approximate surface area is 173 Å². The molecule has 0 fully saturated rings. The van der Waals surface area contributed by atoms with Crippen molar-refractivity contribution < 1.29 is 9.84 Å². The number of aliphatic hydroxyl groups is 1. The van der Waals surface area contributed by atoms with Crippen LogP contribution in [0.5, 0.6) is 5.75 Å². The lowest BCUT2D eigenvalue weighted by Gasteiger charge is -2.12. The molecule has 0 heterocycles. The molecule has 0 radical (unpaired) electrons. The molecule has 0 spiro atoms. The summed E-state index contributed by atoms with van der Waals surface area (Å²) in [5, 5.41) is 10.4. The molecular weight excluding hydrogens is 368 g/mol. The number of hydrogen-bond acceptors (Lipinski definition) is 2. The fraction of sp³-hybridized carbons (Fsp3) is 0.200. The summed E-state index contributed by atoms with van der Waals surface area (Å²) in [6, 6.07) is 14.2. The van der Waals surface area contributed by atoms with Crippen LogP contribution in [0.25, 0.3) is 5.76 Å². The lowest BCUT2D eigenvalue weighted by Crippen LogP contribution is -2.01. The number of aliphatic hydroxyl groups excluding tert-OH is 1. The van der Waals surface area contributed by atoms with Gasteiger partial charge in [-0.05, 0) is 67.2 Å². The van der Waals surface area contributed by atoms with Crippen LogP contribution in [0.1, 0.15) is 29.2 Å². The summed E-state index contributed by atoms with van der Waals surface area (Å²) in [5.74, 6) is 0.964. The van der Waals surface area contributed by atoms with E-state index in [9.17, 15) is 5.11 Å². The standard InChI is InChI=1S/C25H27ClO2/c1-18(8-5-10-20(3)26)17-28-24-13-7-11-22(16-24)14-15-23-12-6-9-19(2)25(23)21(4)27/h5-13,16,27H,3-4,14-15,17H2,1-2H3/b10-5-,18-8+. The van der Waals surface area contributed by atoms with Gasteiger partial charge in [0.2, 0.25) is 0 Å². The monoisotopic (exact) mass is 394 g/mol. The molecular formula is C25H27ClO2. The first kappa shape index (κ1) is 21.6. The van der Waals surface area contributed by atoms with Crippen LogP contribution in [0.2, 0.25) is 0 Å². The molecule has 0 bridgehead atoms. The molecule has 2 rings (SSSR count). The van der Waals surface area contributed by atoms with E-state index < -0.39 is 0 Å². The molecule has 0 aliphatic heterocycles. The molecule has 1 N–H and O–H groups in total. The van der Waals surface area contributed by atoms with Crippen molar-refractivity contribution in [2.45, 2.75) is 26.7 Å². The van der Waals surface area contributed by atoms with Crippen LogP contribution >= 0.6 is 11.6 Å². The zero-order valence-electron chi connectivity index (χ0n) is 16.5. The van der Waals surface area contributed by atoms with Gasteiger partial charge in [0.05, 0.1) is 0 Å². The highest BCUT2D eigenvalue weighted by Gasteiger charge is 2.08. The first-order valence-corrected chi connectivity index (χ1v) is 9.61. The first-order chi connectivity index (χ1) is 13.4. The maximum atomic E-state index is 9.90. The number of halogens is 1. The van der Waals surface area contributed by atoms with Gasteiger partial charge in [-0.15, -0.1) is 0 Å². The summed E-state index contributed by atoms with van der Waals surface area (Å²) < 4.78 is 5.89. The quantitative estimate of drug-likeness (QED) is 0.368. The maximum Gasteiger partial charge on any atom is 0.120 e. The van der Waals surface area contributed by atoms with Gasteiger partial charge in [-0.25, -0.2) is 0 Å². The van der Waals surface area contributed by atoms with Crippen LogP contribution in [0, 0.1) is 6.92 Å². The summed E-state index contributed by atoms with van der Waals surface area (Å²) in [5.41, 5.74) is 5.27. The number of rotatable bonds is 9. The Bertz CT molecular complexity index is 907. The minimum Gasteiger partial charge on any atom is -0.508 e. The van der Waals surface area contributed by atoms with Crippen molar-refractivity contribution in [2.75, 3.05) is 6.61 Å². The molecule has 0 aromatic heterocycles. The number of aryl methyl sites for hydroxylation is 3. The van der Waals surface area contributed by atoms with Gasteiger partial charge in [-0.1, -0.05) is 67.2 Å². The summed E-state index contributed by atoms with van der Waals surface area (Å²) in [7, 11) is 0. The second-order valence-corrected chi connectivity index (χ2v) is 7.30. The highest BCUT2D eigenvalue weighted by molar-refractivity contribution is 6.30. The zero-order chi connectivity index (χ0) is 20.5. The van der Waals surface area contributed by atoms with Gasteiger partial charge in [0.15, 0.2) is 0 Å². The van der Waals surface area contributed by atoms with Crippen molar-refractivity contribution in [1.29, 1.82) is 0 Å². The van der Waals surface area contributed by atoms with E-state index in [-0.39, 0.29) is 5.76 Å². The summed E-state index contributed by atoms with van der Waals surface area (Å²) in [4.78, 5) is 0. The smallest absolute Gasteiger partial charge is 0.120 e. The number of benzene rings is 2. The Balaban J connectivity index is 2.00. The first-order valence-electron chi connectivity index (χ1n) is 9.23. The molecule has 2 nitrogen and oxygen atoms in total. The highest BCUT2D eigenvalue weighted by Crippen LogP contribution is 2.23. The Morgan fingerprint density at radius 2 is 1.89 bits per heavy atom. The van der Waals surface area contributed by atoms with Crippen LogP contribution in [0.15, 0.2) is 84.5 Å². The van der Waals surface area contributed by atoms with Gasteiger partial charge in [0, 0.05) is 10.6 Å². The van der Waals surface area contributed by atoms with E-state index in [1.54, 1.807) is 6.08 Å². The van der Waals surface area contributed by atoms with Gasteiger partial charge >= 0.3 is 0 Å². The normalized spacial score (nSPS) is 11.6. The van der Waals surface area contributed by atoms with Gasteiger partial charge in [0.1, 0.15) is 18.1 Å². The van der Waals surface area contributed by atoms with E-state index in [4.69, 9.17) is 16.3 Å². The van der Waals surface area contributed by atoms with Gasteiger partial charge < -0.3 is 9.84 Å². The molecule has 0 atom stereocenters. The van der Waals surface area contributed by atoms with Gasteiger partial charge in [-0.3, -0.25) is 0 Å². The average molecular weight is 395 g/mol. The maximum absolute atomic E-state index is 9.90. The predicted molar refractivity (Wildman–Crippen MR) is 120 cm³/mol. The summed E-state index contributed by atoms with van der Waals surface area (Å²) >= 11 is 5.70. The fourth-order valence-electron chi connectivity index (χ4n) is 2.98. The highest BCUT2D eigenvalue weighted by atomic mass is 35.5. The molecule has 0 unspecified atom stereocenters. The SMILES string of the molecule is C=C(Cl)/C=C\C=C(/C)COc1cccc(CCc2cccc(C)c2C(=C)O)c1. The molecule has 0 saturated heterocycles. The fourth-order valence-corrected chi connectivity index (χ4v) is 3.05. The van der Waals surface area contributed by atoms with E-state index >= 15 is 0 Å². The van der Waals surface area contributed by atoms with Crippen molar-refractivity contribution in [1.82, 2.24) is 0 Å². The summed E-state index contributed by atoms with van der Waals surface area (Å²) in [6.45, 7) is 11.8. The molecule has 2 aromatic carbocycles. The second-order valence-electron chi connectivity index (χ2n) is 6.81. The molecule has 0 amide bonds. The second kappa shape index (κ2) is 10.6. The predicted octanol–water partition coefficient (Wildman–Crippen LogP) is 6.94. The van der Waals surface area contributed by atoms with Crippen LogP contribution in [-0.4, -0.2) is 11.7 Å². The molecule has 146 valence electrons. The molecule has 3 heteroatoms. The van der Waals surface area contributed by atoms with Crippen LogP contribution in [0.4, 0.5) is 0 Å². The third kappa shape index (κ3) is 6.79. The lowest BCUT2D eigenvalue weighted by atomic mass is 9.95. The van der Waals surface area contributed by atoms with Crippen molar-refractivity contribution in [3.63, 3.8) is 0 Å². The van der Waals surface area contributed by atoms with E-state index in [1.807, 2.05) is 56.3 Å². The van der Waals surface area contributed by atoms with Crippen molar-refractivity contribution in [3.05, 3.63) is 107 Å². The topological polar surface area (TPSA) is 29.5 Å². The Hall–Kier alpha value is -2.71. The Kier molecular flexibility index (Phi) is 8.16. The van der Waals surface area contributed by atoms with Crippen molar-refractivity contribution in [3.8, 4) is 5.75 Å². The minimum absolute atomic E-state index is 0.124. The molecule has 0 aliphatic carbocycles. The van der Waals surface area contributed by atoms with E-state index in [0.29, 0.717) is 11.6 Å². The molecule has 0 saturated carbocycles. The number of hydrogen-bond donors (Lipinski definition) is 1. The molecule has 2 aromatic rings. The minimum atomic E-state index is 0.124. The Morgan fingerprint density at radius 3 is 2.61 bits per heavy atom. The Morgan fingerprint density at radius 1 is 1.14 bits per heavy atom. The largest absolute Gasteiger partial charge is 0.508 e. The zero-order valence-corrected chi connectivity index (χ0v) is 17.3. The molecule has 28 heavy (non-hydrogen) atoms. The van der Waals surface area contributed by atoms with E-state index in [1.165, 1.54) is 5.56 Å². The third-order valence-electron chi connectivity index (χ3n) is 4.35. The van der Waals surface area contributed by atoms with Crippen molar-refractivity contribution >= 4 is 17.4 Å². The van der Waals surface area contributed by atoms with E-state index in [0.717, 1.165) is 40.9 Å². The van der Waals surface area contributed by atoms with Crippen LogP contribution < -0.4 is 4.74 Å². The number of allylic oxidation sites excluding steroid dienone is 4. The van der Waals surface area contributed by atoms with Gasteiger partial charge in [0.25, 0.3) is 0 Å². The molecule has 0 aliphatic rings. The van der Waals surface area contributed by atoms with Crippen molar-refractivity contribution in [2.24, 2.45) is 0 Å². The number of ether oxygens (including phenoxy) is 1.